The van der Waals surface area contributed by atoms with Gasteiger partial charge in [0, 0.05) is 12.6 Å². The minimum absolute atomic E-state index is 0.117. The zero-order valence-corrected chi connectivity index (χ0v) is 14.7. The smallest absolute Gasteiger partial charge is 0.242 e. The third-order valence-electron chi connectivity index (χ3n) is 3.48. The summed E-state index contributed by atoms with van der Waals surface area (Å²) in [6, 6.07) is 4.95. The molecule has 4 nitrogen and oxygen atoms in total. The molecule has 6 heteroatoms. The molecule has 2 unspecified atom stereocenters. The fraction of sp³-hybridized carbons (Fsp3) is 0.600. The highest BCUT2D eigenvalue weighted by Gasteiger charge is 2.21. The van der Waals surface area contributed by atoms with Crippen LogP contribution in [-0.2, 0) is 16.6 Å². The van der Waals surface area contributed by atoms with Crippen LogP contribution >= 0.6 is 11.6 Å². The van der Waals surface area contributed by atoms with Crippen LogP contribution in [0.1, 0.15) is 39.2 Å². The Morgan fingerprint density at radius 1 is 1.29 bits per heavy atom. The van der Waals surface area contributed by atoms with Crippen molar-refractivity contribution in [3.63, 3.8) is 0 Å². The predicted molar refractivity (Wildman–Crippen MR) is 88.1 cm³/mol. The van der Waals surface area contributed by atoms with E-state index >= 15 is 0 Å². The summed E-state index contributed by atoms with van der Waals surface area (Å²) in [6.45, 7) is 6.70. The van der Waals surface area contributed by atoms with Crippen molar-refractivity contribution in [2.24, 2.45) is 5.92 Å². The third kappa shape index (κ3) is 5.58. The maximum absolute atomic E-state index is 12.5. The molecule has 0 aliphatic carbocycles. The molecule has 0 aliphatic heterocycles. The standard InChI is InChI=1S/C15H25ClN2O2S/c1-5-11(2)8-12(3)18-21(19,20)15-9-13(10-17-4)6-7-14(15)16/h6-7,9,11-12,17-18H,5,8,10H2,1-4H3. The molecule has 0 radical (unpaired) electrons. The van der Waals surface area contributed by atoms with Crippen LogP contribution in [0, 0.1) is 5.92 Å². The summed E-state index contributed by atoms with van der Waals surface area (Å²) >= 11 is 6.06. The Kier molecular flexibility index (Phi) is 7.13. The van der Waals surface area contributed by atoms with E-state index in [1.54, 1.807) is 12.1 Å². The molecule has 1 aromatic carbocycles. The number of hydrogen-bond acceptors (Lipinski definition) is 3. The van der Waals surface area contributed by atoms with Crippen molar-refractivity contribution < 1.29 is 8.42 Å². The Hall–Kier alpha value is -0.620. The number of benzene rings is 1. The van der Waals surface area contributed by atoms with Gasteiger partial charge in [0.25, 0.3) is 0 Å². The lowest BCUT2D eigenvalue weighted by Crippen LogP contribution is -2.34. The van der Waals surface area contributed by atoms with Crippen LogP contribution in [0.3, 0.4) is 0 Å². The van der Waals surface area contributed by atoms with Crippen molar-refractivity contribution in [1.82, 2.24) is 10.0 Å². The topological polar surface area (TPSA) is 58.2 Å². The summed E-state index contributed by atoms with van der Waals surface area (Å²) in [5.41, 5.74) is 0.886. The summed E-state index contributed by atoms with van der Waals surface area (Å²) in [5, 5.41) is 3.25. The van der Waals surface area contributed by atoms with Gasteiger partial charge in [0.2, 0.25) is 10.0 Å². The monoisotopic (exact) mass is 332 g/mol. The molecule has 0 saturated heterocycles. The van der Waals surface area contributed by atoms with E-state index in [1.165, 1.54) is 0 Å². The zero-order valence-electron chi connectivity index (χ0n) is 13.1. The highest BCUT2D eigenvalue weighted by molar-refractivity contribution is 7.89. The van der Waals surface area contributed by atoms with Gasteiger partial charge < -0.3 is 5.32 Å². The van der Waals surface area contributed by atoms with Gasteiger partial charge in [0.1, 0.15) is 4.90 Å². The van der Waals surface area contributed by atoms with E-state index in [-0.39, 0.29) is 16.0 Å². The van der Waals surface area contributed by atoms with Crippen molar-refractivity contribution in [1.29, 1.82) is 0 Å². The molecule has 0 amide bonds. The van der Waals surface area contributed by atoms with E-state index in [9.17, 15) is 8.42 Å². The van der Waals surface area contributed by atoms with Crippen molar-refractivity contribution in [3.8, 4) is 0 Å². The number of nitrogens with one attached hydrogen (secondary N) is 2. The largest absolute Gasteiger partial charge is 0.316 e. The molecule has 1 rings (SSSR count). The van der Waals surface area contributed by atoms with Gasteiger partial charge in [-0.2, -0.15) is 0 Å². The van der Waals surface area contributed by atoms with E-state index in [0.29, 0.717) is 12.5 Å². The summed E-state index contributed by atoms with van der Waals surface area (Å²) in [7, 11) is -1.78. The number of hydrogen-bond donors (Lipinski definition) is 2. The minimum Gasteiger partial charge on any atom is -0.316 e. The van der Waals surface area contributed by atoms with E-state index in [0.717, 1.165) is 18.4 Å². The van der Waals surface area contributed by atoms with Crippen molar-refractivity contribution in [2.45, 2.75) is 51.1 Å². The normalized spacial score (nSPS) is 14.9. The molecule has 0 bridgehead atoms. The number of rotatable bonds is 8. The third-order valence-corrected chi connectivity index (χ3v) is 5.55. The molecule has 0 saturated carbocycles. The second-order valence-corrected chi connectivity index (χ2v) is 7.66. The average Bonchev–Trinajstić information content (AvgIpc) is 2.40. The zero-order chi connectivity index (χ0) is 16.0. The molecule has 0 fully saturated rings. The van der Waals surface area contributed by atoms with Gasteiger partial charge in [-0.05, 0) is 44.0 Å². The first kappa shape index (κ1) is 18.4. The van der Waals surface area contributed by atoms with Gasteiger partial charge in [-0.3, -0.25) is 0 Å². The van der Waals surface area contributed by atoms with Crippen LogP contribution < -0.4 is 10.0 Å². The summed E-state index contributed by atoms with van der Waals surface area (Å²) in [5.74, 6) is 0.480. The minimum atomic E-state index is -3.59. The Morgan fingerprint density at radius 2 is 1.95 bits per heavy atom. The second-order valence-electron chi connectivity index (χ2n) is 5.57. The lowest BCUT2D eigenvalue weighted by molar-refractivity contribution is 0.445. The summed E-state index contributed by atoms with van der Waals surface area (Å²) in [6.07, 6.45) is 1.84. The van der Waals surface area contributed by atoms with Crippen LogP contribution in [0.15, 0.2) is 23.1 Å². The first-order valence-electron chi connectivity index (χ1n) is 7.25. The van der Waals surface area contributed by atoms with E-state index in [2.05, 4.69) is 23.9 Å². The average molecular weight is 333 g/mol. The number of sulfonamides is 1. The van der Waals surface area contributed by atoms with Gasteiger partial charge in [0.05, 0.1) is 5.02 Å². The lowest BCUT2D eigenvalue weighted by Gasteiger charge is -2.18. The highest BCUT2D eigenvalue weighted by atomic mass is 35.5. The van der Waals surface area contributed by atoms with Gasteiger partial charge in [0.15, 0.2) is 0 Å². The Morgan fingerprint density at radius 3 is 2.52 bits per heavy atom. The van der Waals surface area contributed by atoms with Crippen LogP contribution in [0.5, 0.6) is 0 Å². The fourth-order valence-electron chi connectivity index (χ4n) is 2.21. The van der Waals surface area contributed by atoms with Crippen molar-refractivity contribution >= 4 is 21.6 Å². The SMILES string of the molecule is CCC(C)CC(C)NS(=O)(=O)c1cc(CNC)ccc1Cl. The van der Waals surface area contributed by atoms with Gasteiger partial charge >= 0.3 is 0 Å². The molecule has 0 heterocycles. The maximum atomic E-state index is 12.5. The molecular formula is C15H25ClN2O2S. The van der Waals surface area contributed by atoms with E-state index < -0.39 is 10.0 Å². The van der Waals surface area contributed by atoms with Gasteiger partial charge in [-0.15, -0.1) is 0 Å². The van der Waals surface area contributed by atoms with Gasteiger partial charge in [-0.1, -0.05) is 37.9 Å². The molecule has 1 aromatic rings. The molecular weight excluding hydrogens is 308 g/mol. The van der Waals surface area contributed by atoms with Crippen LogP contribution in [0.2, 0.25) is 5.02 Å². The summed E-state index contributed by atoms with van der Waals surface area (Å²) in [4.78, 5) is 0.146. The maximum Gasteiger partial charge on any atom is 0.242 e. The van der Waals surface area contributed by atoms with Gasteiger partial charge in [-0.25, -0.2) is 13.1 Å². The lowest BCUT2D eigenvalue weighted by atomic mass is 10.0. The van der Waals surface area contributed by atoms with Crippen LogP contribution in [0.4, 0.5) is 0 Å². The molecule has 21 heavy (non-hydrogen) atoms. The first-order chi connectivity index (χ1) is 9.80. The Balaban J connectivity index is 2.94. The Labute approximate surface area is 133 Å². The predicted octanol–water partition coefficient (Wildman–Crippen LogP) is 3.16. The fourth-order valence-corrected chi connectivity index (χ4v) is 4.02. The first-order valence-corrected chi connectivity index (χ1v) is 9.11. The van der Waals surface area contributed by atoms with Crippen LogP contribution in [-0.4, -0.2) is 21.5 Å². The van der Waals surface area contributed by atoms with Crippen molar-refractivity contribution in [3.05, 3.63) is 28.8 Å². The molecule has 0 aliphatic rings. The highest BCUT2D eigenvalue weighted by Crippen LogP contribution is 2.23. The number of halogens is 1. The molecule has 0 aromatic heterocycles. The van der Waals surface area contributed by atoms with E-state index in [1.807, 2.05) is 20.0 Å². The quantitative estimate of drug-likeness (QED) is 0.768. The van der Waals surface area contributed by atoms with Crippen LogP contribution in [0.25, 0.3) is 0 Å². The Bertz CT molecular complexity index is 561. The summed E-state index contributed by atoms with van der Waals surface area (Å²) < 4.78 is 27.7. The molecule has 2 atom stereocenters. The van der Waals surface area contributed by atoms with Crippen molar-refractivity contribution in [2.75, 3.05) is 7.05 Å². The molecule has 120 valence electrons. The molecule has 0 spiro atoms. The second kappa shape index (κ2) is 8.13. The van der Waals surface area contributed by atoms with E-state index in [4.69, 9.17) is 11.6 Å². The molecule has 2 N–H and O–H groups in total.